The van der Waals surface area contributed by atoms with E-state index >= 15 is 0 Å². The maximum absolute atomic E-state index is 13.5. The summed E-state index contributed by atoms with van der Waals surface area (Å²) in [6.45, 7) is 2.18. The quantitative estimate of drug-likeness (QED) is 0.395. The fourth-order valence-electron chi connectivity index (χ4n) is 4.56. The maximum Gasteiger partial charge on any atom is 0.254 e. The number of imidazole rings is 1. The lowest BCUT2D eigenvalue weighted by Gasteiger charge is -2.40. The highest BCUT2D eigenvalue weighted by Gasteiger charge is 2.38. The Bertz CT molecular complexity index is 1380. The van der Waals surface area contributed by atoms with E-state index in [2.05, 4.69) is 31.4 Å². The third kappa shape index (κ3) is 4.56. The van der Waals surface area contributed by atoms with Crippen LogP contribution >= 0.6 is 0 Å². The molecule has 1 amide bonds. The third-order valence-electron chi connectivity index (χ3n) is 6.45. The van der Waals surface area contributed by atoms with Gasteiger partial charge in [-0.05, 0) is 31.0 Å². The average Bonchev–Trinajstić information content (AvgIpc) is 3.45. The van der Waals surface area contributed by atoms with Crippen molar-refractivity contribution in [2.24, 2.45) is 5.73 Å². The van der Waals surface area contributed by atoms with E-state index in [1.54, 1.807) is 16.9 Å². The number of likely N-dealkylation sites (tertiary alicyclic amines) is 1. The average molecular weight is 474 g/mol. The van der Waals surface area contributed by atoms with Crippen LogP contribution in [0.1, 0.15) is 35.3 Å². The second-order valence-corrected chi connectivity index (χ2v) is 8.73. The number of nitrogens with two attached hydrogens (primary N) is 1. The number of piperidine rings is 1. The Morgan fingerprint density at radius 1 is 1.26 bits per heavy atom. The van der Waals surface area contributed by atoms with E-state index in [-0.39, 0.29) is 17.8 Å². The summed E-state index contributed by atoms with van der Waals surface area (Å²) < 4.78 is 17.2. The summed E-state index contributed by atoms with van der Waals surface area (Å²) >= 11 is 0. The lowest BCUT2D eigenvalue weighted by Crippen LogP contribution is -2.46. The number of nitrogens with one attached hydrogen (secondary N) is 1. The first-order chi connectivity index (χ1) is 17.0. The van der Waals surface area contributed by atoms with Crippen LogP contribution in [0.15, 0.2) is 55.1 Å². The van der Waals surface area contributed by atoms with Crippen LogP contribution in [-0.4, -0.2) is 48.0 Å². The maximum atomic E-state index is 13.5. The van der Waals surface area contributed by atoms with Crippen LogP contribution < -0.4 is 11.1 Å². The Morgan fingerprint density at radius 3 is 2.80 bits per heavy atom. The Balaban J connectivity index is 1.36. The van der Waals surface area contributed by atoms with E-state index in [4.69, 9.17) is 5.73 Å². The summed E-state index contributed by atoms with van der Waals surface area (Å²) in [5, 5.41) is 17.1. The normalized spacial score (nSPS) is 15.7. The van der Waals surface area contributed by atoms with Crippen molar-refractivity contribution in [3.63, 3.8) is 0 Å². The molecule has 11 heteroatoms. The van der Waals surface area contributed by atoms with Crippen LogP contribution in [0.4, 0.5) is 15.9 Å². The van der Waals surface area contributed by atoms with Crippen LogP contribution in [0.25, 0.3) is 5.65 Å². The Morgan fingerprint density at radius 2 is 2.09 bits per heavy atom. The first-order valence-electron chi connectivity index (χ1n) is 11.3. The summed E-state index contributed by atoms with van der Waals surface area (Å²) in [6, 6.07) is 10.9. The van der Waals surface area contributed by atoms with Crippen molar-refractivity contribution in [1.82, 2.24) is 29.0 Å². The molecule has 0 aromatic carbocycles. The van der Waals surface area contributed by atoms with E-state index < -0.39 is 17.4 Å². The van der Waals surface area contributed by atoms with Gasteiger partial charge in [0.05, 0.1) is 23.7 Å². The number of hydrogen-bond donors (Lipinski definition) is 2. The van der Waals surface area contributed by atoms with Crippen molar-refractivity contribution in [3.8, 4) is 6.07 Å². The molecule has 0 aliphatic carbocycles. The van der Waals surface area contributed by atoms with E-state index in [0.29, 0.717) is 25.1 Å². The highest BCUT2D eigenvalue weighted by atomic mass is 19.1. The predicted octanol–water partition coefficient (Wildman–Crippen LogP) is 2.81. The number of hydrogen-bond acceptors (Lipinski definition) is 7. The minimum absolute atomic E-state index is 0.173. The second kappa shape index (κ2) is 9.15. The number of halogens is 1. The molecule has 1 saturated heterocycles. The summed E-state index contributed by atoms with van der Waals surface area (Å²) in [6.07, 6.45) is 8.46. The SMILES string of the molecule is N#CCC1(n2cc(C(N)=O)c(Nc3ccnc(F)c3)n2)CCN(Cc2cn3ccccc3n2)CC1. The molecular formula is C24H24FN9O. The zero-order valence-electron chi connectivity index (χ0n) is 18.9. The number of aromatic nitrogens is 5. The van der Waals surface area contributed by atoms with Gasteiger partial charge in [0.15, 0.2) is 5.82 Å². The van der Waals surface area contributed by atoms with Crippen molar-refractivity contribution in [1.29, 1.82) is 5.26 Å². The molecule has 1 aliphatic rings. The van der Waals surface area contributed by atoms with E-state index in [9.17, 15) is 14.4 Å². The number of nitriles is 1. The number of carbonyl (C=O) groups excluding carboxylic acids is 1. The Labute approximate surface area is 200 Å². The van der Waals surface area contributed by atoms with Crippen LogP contribution in [0.2, 0.25) is 0 Å². The van der Waals surface area contributed by atoms with Crippen LogP contribution in [0.3, 0.4) is 0 Å². The number of fused-ring (bicyclic) bond motifs is 1. The minimum atomic E-state index is -0.662. The molecule has 0 atom stereocenters. The zero-order chi connectivity index (χ0) is 24.4. The van der Waals surface area contributed by atoms with Gasteiger partial charge in [0.25, 0.3) is 5.91 Å². The number of carbonyl (C=O) groups is 1. The first kappa shape index (κ1) is 22.5. The largest absolute Gasteiger partial charge is 0.365 e. The number of rotatable bonds is 7. The van der Waals surface area contributed by atoms with Gasteiger partial charge in [0.1, 0.15) is 11.2 Å². The summed E-state index contributed by atoms with van der Waals surface area (Å²) in [5.41, 5.74) is 7.46. The first-order valence-corrected chi connectivity index (χ1v) is 11.3. The molecule has 0 unspecified atom stereocenters. The Kier molecular flexibility index (Phi) is 5.88. The van der Waals surface area contributed by atoms with E-state index in [0.717, 1.165) is 24.4 Å². The van der Waals surface area contributed by atoms with Gasteiger partial charge < -0.3 is 15.5 Å². The molecule has 3 N–H and O–H groups in total. The van der Waals surface area contributed by atoms with Gasteiger partial charge in [0, 0.05) is 56.2 Å². The molecule has 0 spiro atoms. The standard InChI is InChI=1S/C24H24FN9O/c25-20-13-17(4-9-28-20)30-23-19(22(27)35)16-34(31-23)24(5-8-26)6-11-32(12-7-24)14-18-15-33-10-2-1-3-21(33)29-18/h1-4,9-10,13,15-16H,5-7,11-12,14H2,(H2,27,35)(H,28,30,31). The molecule has 178 valence electrons. The van der Waals surface area contributed by atoms with Gasteiger partial charge in [0.2, 0.25) is 5.95 Å². The molecule has 35 heavy (non-hydrogen) atoms. The highest BCUT2D eigenvalue weighted by Crippen LogP contribution is 2.35. The lowest BCUT2D eigenvalue weighted by molar-refractivity contribution is 0.0961. The Hall–Kier alpha value is -4.30. The van der Waals surface area contributed by atoms with Gasteiger partial charge in [-0.2, -0.15) is 14.8 Å². The number of anilines is 2. The number of primary amides is 1. The molecule has 5 rings (SSSR count). The molecule has 4 aromatic rings. The number of nitrogens with zero attached hydrogens (tertiary/aromatic N) is 7. The zero-order valence-corrected chi connectivity index (χ0v) is 18.9. The lowest BCUT2D eigenvalue weighted by atomic mass is 9.85. The highest BCUT2D eigenvalue weighted by molar-refractivity contribution is 5.98. The molecule has 10 nitrogen and oxygen atoms in total. The second-order valence-electron chi connectivity index (χ2n) is 8.73. The fraction of sp³-hybridized carbons (Fsp3) is 0.292. The van der Waals surface area contributed by atoms with Gasteiger partial charge in [-0.15, -0.1) is 0 Å². The minimum Gasteiger partial charge on any atom is -0.365 e. The number of pyridine rings is 2. The van der Waals surface area contributed by atoms with Gasteiger partial charge in [-0.25, -0.2) is 9.97 Å². The van der Waals surface area contributed by atoms with Crippen molar-refractivity contribution in [3.05, 3.63) is 72.3 Å². The van der Waals surface area contributed by atoms with Crippen molar-refractivity contribution in [2.75, 3.05) is 18.4 Å². The van der Waals surface area contributed by atoms with E-state index in [1.165, 1.54) is 12.3 Å². The molecule has 1 fully saturated rings. The predicted molar refractivity (Wildman–Crippen MR) is 126 cm³/mol. The van der Waals surface area contributed by atoms with Crippen molar-refractivity contribution < 1.29 is 9.18 Å². The third-order valence-corrected chi connectivity index (χ3v) is 6.45. The van der Waals surface area contributed by atoms with Gasteiger partial charge >= 0.3 is 0 Å². The van der Waals surface area contributed by atoms with Crippen LogP contribution in [-0.2, 0) is 12.1 Å². The molecule has 0 saturated carbocycles. The molecule has 5 heterocycles. The molecule has 0 radical (unpaired) electrons. The summed E-state index contributed by atoms with van der Waals surface area (Å²) in [5.74, 6) is -1.11. The molecule has 4 aromatic heterocycles. The van der Waals surface area contributed by atoms with Crippen molar-refractivity contribution in [2.45, 2.75) is 31.3 Å². The van der Waals surface area contributed by atoms with Gasteiger partial charge in [-0.1, -0.05) is 6.07 Å². The topological polar surface area (TPSA) is 130 Å². The van der Waals surface area contributed by atoms with Crippen LogP contribution in [0, 0.1) is 17.3 Å². The number of amides is 1. The molecule has 0 bridgehead atoms. The fourth-order valence-corrected chi connectivity index (χ4v) is 4.56. The molecular weight excluding hydrogens is 449 g/mol. The van der Waals surface area contributed by atoms with E-state index in [1.807, 2.05) is 35.0 Å². The van der Waals surface area contributed by atoms with Gasteiger partial charge in [-0.3, -0.25) is 14.4 Å². The monoisotopic (exact) mass is 473 g/mol. The smallest absolute Gasteiger partial charge is 0.254 e. The summed E-state index contributed by atoms with van der Waals surface area (Å²) in [7, 11) is 0. The van der Waals surface area contributed by atoms with Crippen molar-refractivity contribution >= 4 is 23.1 Å². The summed E-state index contributed by atoms with van der Waals surface area (Å²) in [4.78, 5) is 22.6. The molecule has 1 aliphatic heterocycles. The van der Waals surface area contributed by atoms with Crippen LogP contribution in [0.5, 0.6) is 0 Å².